The Bertz CT molecular complexity index is 194. The third-order valence-electron chi connectivity index (χ3n) is 1.23. The Hall–Kier alpha value is -0.980. The molecule has 0 aromatic heterocycles. The molecule has 3 nitrogen and oxygen atoms in total. The van der Waals surface area contributed by atoms with Crippen LogP contribution in [-0.4, -0.2) is 27.6 Å². The highest BCUT2D eigenvalue weighted by Gasteiger charge is 1.95. The van der Waals surface area contributed by atoms with E-state index in [4.69, 9.17) is 14.2 Å². The molecule has 0 N–H and O–H groups in total. The topological polar surface area (TPSA) is 27.7 Å². The summed E-state index contributed by atoms with van der Waals surface area (Å²) in [6.45, 7) is 1.82. The molecule has 0 spiro atoms. The number of methoxy groups -OCH3 is 3. The van der Waals surface area contributed by atoms with Crippen LogP contribution in [0, 0.1) is 11.8 Å². The molecule has 0 atom stereocenters. The van der Waals surface area contributed by atoms with Crippen molar-refractivity contribution in [2.75, 3.05) is 21.3 Å². The highest BCUT2D eigenvalue weighted by Crippen LogP contribution is 1.91. The molecular formula is C9H14O3. The van der Waals surface area contributed by atoms with Crippen LogP contribution in [-0.2, 0) is 14.2 Å². The van der Waals surface area contributed by atoms with E-state index in [1.54, 1.807) is 13.2 Å². The minimum atomic E-state index is -0.467. The molecule has 0 fully saturated rings. The van der Waals surface area contributed by atoms with E-state index in [0.29, 0.717) is 0 Å². The molecule has 0 rings (SSSR count). The average Bonchev–Trinajstić information content (AvgIpc) is 2.12. The summed E-state index contributed by atoms with van der Waals surface area (Å²) in [7, 11) is 4.67. The van der Waals surface area contributed by atoms with Crippen molar-refractivity contribution in [3.05, 3.63) is 11.8 Å². The minimum Gasteiger partial charge on any atom is -0.501 e. The Morgan fingerprint density at radius 1 is 1.25 bits per heavy atom. The second kappa shape index (κ2) is 6.71. The molecular weight excluding hydrogens is 156 g/mol. The zero-order valence-corrected chi connectivity index (χ0v) is 7.88. The normalized spacial score (nSPS) is 10.9. The van der Waals surface area contributed by atoms with E-state index in [0.717, 1.165) is 5.76 Å². The summed E-state index contributed by atoms with van der Waals surface area (Å²) in [5.74, 6) is 6.24. The van der Waals surface area contributed by atoms with Gasteiger partial charge in [-0.1, -0.05) is 5.92 Å². The fraction of sp³-hybridized carbons (Fsp3) is 0.556. The monoisotopic (exact) mass is 170 g/mol. The molecule has 0 aromatic carbocycles. The van der Waals surface area contributed by atoms with Crippen molar-refractivity contribution in [3.63, 3.8) is 0 Å². The van der Waals surface area contributed by atoms with Crippen LogP contribution >= 0.6 is 0 Å². The largest absolute Gasteiger partial charge is 0.501 e. The van der Waals surface area contributed by atoms with Crippen LogP contribution in [0.2, 0.25) is 0 Å². The second-order valence-electron chi connectivity index (χ2n) is 2.05. The highest BCUT2D eigenvalue weighted by atomic mass is 16.7. The zero-order valence-electron chi connectivity index (χ0n) is 7.88. The van der Waals surface area contributed by atoms with Gasteiger partial charge in [-0.05, 0) is 12.8 Å². The second-order valence-corrected chi connectivity index (χ2v) is 2.05. The van der Waals surface area contributed by atoms with Gasteiger partial charge in [-0.25, -0.2) is 0 Å². The van der Waals surface area contributed by atoms with E-state index in [9.17, 15) is 0 Å². The summed E-state index contributed by atoms with van der Waals surface area (Å²) < 4.78 is 14.6. The molecule has 0 bridgehead atoms. The van der Waals surface area contributed by atoms with Crippen LogP contribution in [0.3, 0.4) is 0 Å². The molecule has 0 amide bonds. The van der Waals surface area contributed by atoms with Crippen LogP contribution in [0.5, 0.6) is 0 Å². The smallest absolute Gasteiger partial charge is 0.222 e. The van der Waals surface area contributed by atoms with Crippen LogP contribution in [0.25, 0.3) is 0 Å². The van der Waals surface area contributed by atoms with E-state index in [-0.39, 0.29) is 0 Å². The zero-order chi connectivity index (χ0) is 9.40. The fourth-order valence-electron chi connectivity index (χ4n) is 0.484. The maximum Gasteiger partial charge on any atom is 0.222 e. The summed E-state index contributed by atoms with van der Waals surface area (Å²) in [5.41, 5.74) is 0. The standard InChI is InChI=1S/C9H14O3/c1-8(10-2)6-5-7-9(11-3)12-4/h6,9H,1-4H3/b8-6-. The van der Waals surface area contributed by atoms with E-state index in [2.05, 4.69) is 11.8 Å². The van der Waals surface area contributed by atoms with Gasteiger partial charge in [0.25, 0.3) is 0 Å². The van der Waals surface area contributed by atoms with E-state index in [1.807, 2.05) is 6.92 Å². The Balaban J connectivity index is 4.01. The fourth-order valence-corrected chi connectivity index (χ4v) is 0.484. The van der Waals surface area contributed by atoms with Crippen molar-refractivity contribution < 1.29 is 14.2 Å². The third-order valence-corrected chi connectivity index (χ3v) is 1.23. The van der Waals surface area contributed by atoms with Gasteiger partial charge in [0.15, 0.2) is 0 Å². The van der Waals surface area contributed by atoms with Crippen LogP contribution in [0.1, 0.15) is 6.92 Å². The van der Waals surface area contributed by atoms with E-state index < -0.39 is 6.29 Å². The van der Waals surface area contributed by atoms with Gasteiger partial charge >= 0.3 is 0 Å². The maximum absolute atomic E-state index is 4.88. The number of hydrogen-bond donors (Lipinski definition) is 0. The first-order valence-corrected chi connectivity index (χ1v) is 3.52. The van der Waals surface area contributed by atoms with Crippen LogP contribution < -0.4 is 0 Å². The van der Waals surface area contributed by atoms with Gasteiger partial charge in [-0.2, -0.15) is 0 Å². The van der Waals surface area contributed by atoms with Crippen molar-refractivity contribution in [2.24, 2.45) is 0 Å². The predicted octanol–water partition coefficient (Wildman–Crippen LogP) is 1.16. The quantitative estimate of drug-likeness (QED) is 0.361. The summed E-state index contributed by atoms with van der Waals surface area (Å²) in [4.78, 5) is 0. The van der Waals surface area contributed by atoms with E-state index >= 15 is 0 Å². The first kappa shape index (κ1) is 11.0. The maximum atomic E-state index is 4.88. The summed E-state index contributed by atoms with van der Waals surface area (Å²) in [5, 5.41) is 0. The van der Waals surface area contributed by atoms with Gasteiger partial charge in [0, 0.05) is 20.3 Å². The summed E-state index contributed by atoms with van der Waals surface area (Å²) in [6, 6.07) is 0. The van der Waals surface area contributed by atoms with Gasteiger partial charge in [-0.15, -0.1) is 0 Å². The molecule has 0 aromatic rings. The van der Waals surface area contributed by atoms with E-state index in [1.165, 1.54) is 14.2 Å². The predicted molar refractivity (Wildman–Crippen MR) is 46.3 cm³/mol. The molecule has 68 valence electrons. The molecule has 0 radical (unpaired) electrons. The molecule has 3 heteroatoms. The van der Waals surface area contributed by atoms with Gasteiger partial charge in [-0.3, -0.25) is 0 Å². The first-order valence-electron chi connectivity index (χ1n) is 3.52. The lowest BCUT2D eigenvalue weighted by atomic mass is 10.4. The molecule has 0 aliphatic heterocycles. The van der Waals surface area contributed by atoms with Crippen molar-refractivity contribution >= 4 is 0 Å². The Kier molecular flexibility index (Phi) is 6.16. The van der Waals surface area contributed by atoms with Crippen molar-refractivity contribution in [1.82, 2.24) is 0 Å². The first-order chi connectivity index (χ1) is 5.74. The molecule has 0 aliphatic carbocycles. The average molecular weight is 170 g/mol. The van der Waals surface area contributed by atoms with Crippen LogP contribution in [0.4, 0.5) is 0 Å². The lowest BCUT2D eigenvalue weighted by Gasteiger charge is -2.03. The molecule has 0 saturated heterocycles. The number of hydrogen-bond acceptors (Lipinski definition) is 3. The lowest BCUT2D eigenvalue weighted by molar-refractivity contribution is -0.0595. The summed E-state index contributed by atoms with van der Waals surface area (Å²) >= 11 is 0. The lowest BCUT2D eigenvalue weighted by Crippen LogP contribution is -2.08. The highest BCUT2D eigenvalue weighted by molar-refractivity contribution is 5.18. The Labute approximate surface area is 73.3 Å². The molecule has 0 aliphatic rings. The SMILES string of the molecule is CO/C(C)=C\C#CC(OC)OC. The van der Waals surface area contributed by atoms with Gasteiger partial charge in [0.1, 0.15) is 5.76 Å². The van der Waals surface area contributed by atoms with Gasteiger partial charge in [0.05, 0.1) is 7.11 Å². The Morgan fingerprint density at radius 3 is 2.25 bits per heavy atom. The number of ether oxygens (including phenoxy) is 3. The van der Waals surface area contributed by atoms with Crippen molar-refractivity contribution in [3.8, 4) is 11.8 Å². The molecule has 0 saturated carbocycles. The minimum absolute atomic E-state index is 0.467. The molecule has 0 heterocycles. The number of rotatable bonds is 3. The van der Waals surface area contributed by atoms with Crippen molar-refractivity contribution in [2.45, 2.75) is 13.2 Å². The third kappa shape index (κ3) is 4.78. The van der Waals surface area contributed by atoms with Crippen molar-refractivity contribution in [1.29, 1.82) is 0 Å². The Morgan fingerprint density at radius 2 is 1.83 bits per heavy atom. The molecule has 0 unspecified atom stereocenters. The molecule has 12 heavy (non-hydrogen) atoms. The number of allylic oxidation sites excluding steroid dienone is 2. The van der Waals surface area contributed by atoms with Crippen LogP contribution in [0.15, 0.2) is 11.8 Å². The summed E-state index contributed by atoms with van der Waals surface area (Å²) in [6.07, 6.45) is 1.19. The van der Waals surface area contributed by atoms with Gasteiger partial charge < -0.3 is 14.2 Å². The van der Waals surface area contributed by atoms with Gasteiger partial charge in [0.2, 0.25) is 6.29 Å².